The van der Waals surface area contributed by atoms with Gasteiger partial charge in [-0.3, -0.25) is 0 Å². The molecule has 0 aliphatic carbocycles. The molecule has 0 bridgehead atoms. The number of nitrogens with two attached hydrogens (primary N) is 1. The average Bonchev–Trinajstić information content (AvgIpc) is 2.45. The van der Waals surface area contributed by atoms with E-state index in [1.807, 2.05) is 6.07 Å². The zero-order valence-corrected chi connectivity index (χ0v) is 12.8. The van der Waals surface area contributed by atoms with Crippen molar-refractivity contribution in [3.05, 3.63) is 35.4 Å². The van der Waals surface area contributed by atoms with Crippen molar-refractivity contribution in [3.8, 4) is 6.07 Å². The van der Waals surface area contributed by atoms with Crippen LogP contribution in [-0.4, -0.2) is 26.4 Å². The Morgan fingerprint density at radius 1 is 1.38 bits per heavy atom. The molecule has 0 saturated heterocycles. The molecule has 0 aliphatic rings. The smallest absolute Gasteiger partial charge is 0.404 e. The summed E-state index contributed by atoms with van der Waals surface area (Å²) in [5, 5.41) is 7.98. The SMILES string of the molecule is CC[C@@H](CS(=O)(=O)[C@@H](C)c1ccc(C#N)cc1)OC(N)=O. The lowest BCUT2D eigenvalue weighted by Crippen LogP contribution is -2.30. The van der Waals surface area contributed by atoms with Crippen molar-refractivity contribution in [2.24, 2.45) is 5.73 Å². The zero-order chi connectivity index (χ0) is 16.0. The molecular weight excluding hydrogens is 292 g/mol. The maximum Gasteiger partial charge on any atom is 0.404 e. The molecule has 0 aliphatic heterocycles. The monoisotopic (exact) mass is 310 g/mol. The summed E-state index contributed by atoms with van der Waals surface area (Å²) in [4.78, 5) is 10.7. The van der Waals surface area contributed by atoms with Gasteiger partial charge in [0.1, 0.15) is 6.10 Å². The second-order valence-corrected chi connectivity index (χ2v) is 7.04. The molecule has 21 heavy (non-hydrogen) atoms. The summed E-state index contributed by atoms with van der Waals surface area (Å²) in [6.07, 6.45) is -1.38. The number of rotatable bonds is 6. The van der Waals surface area contributed by atoms with Crippen molar-refractivity contribution < 1.29 is 17.9 Å². The van der Waals surface area contributed by atoms with Gasteiger partial charge in [-0.2, -0.15) is 5.26 Å². The Bertz CT molecular complexity index is 632. The third-order valence-electron chi connectivity index (χ3n) is 3.20. The standard InChI is InChI=1S/C14H18N2O4S/c1-3-13(20-14(16)17)9-21(18,19)10(2)12-6-4-11(8-15)5-7-12/h4-7,10,13H,3,9H2,1-2H3,(H2,16,17)/t10-,13-/m0/s1. The van der Waals surface area contributed by atoms with Crippen LogP contribution in [0, 0.1) is 11.3 Å². The zero-order valence-electron chi connectivity index (χ0n) is 11.9. The van der Waals surface area contributed by atoms with Gasteiger partial charge in [0, 0.05) is 0 Å². The van der Waals surface area contributed by atoms with Crippen molar-refractivity contribution in [1.29, 1.82) is 5.26 Å². The van der Waals surface area contributed by atoms with Crippen LogP contribution in [0.5, 0.6) is 0 Å². The molecule has 114 valence electrons. The summed E-state index contributed by atoms with van der Waals surface area (Å²) in [5.74, 6) is -0.284. The Labute approximate surface area is 124 Å². The maximum atomic E-state index is 12.3. The van der Waals surface area contributed by atoms with Gasteiger partial charge in [-0.05, 0) is 31.0 Å². The van der Waals surface area contributed by atoms with Crippen molar-refractivity contribution in [1.82, 2.24) is 0 Å². The van der Waals surface area contributed by atoms with Gasteiger partial charge in [0.25, 0.3) is 0 Å². The first-order chi connectivity index (χ1) is 9.80. The molecule has 1 aromatic rings. The Morgan fingerprint density at radius 2 is 1.95 bits per heavy atom. The third-order valence-corrected chi connectivity index (χ3v) is 5.39. The number of nitriles is 1. The van der Waals surface area contributed by atoms with E-state index in [4.69, 9.17) is 15.7 Å². The number of carbonyl (C=O) groups excluding carboxylic acids is 1. The molecule has 1 rings (SSSR count). The van der Waals surface area contributed by atoms with Crippen LogP contribution < -0.4 is 5.73 Å². The highest BCUT2D eigenvalue weighted by Gasteiger charge is 2.27. The highest BCUT2D eigenvalue weighted by atomic mass is 32.2. The molecule has 2 atom stereocenters. The molecule has 0 radical (unpaired) electrons. The lowest BCUT2D eigenvalue weighted by atomic mass is 10.1. The Balaban J connectivity index is 2.89. The summed E-state index contributed by atoms with van der Waals surface area (Å²) in [7, 11) is -3.51. The minimum Gasteiger partial charge on any atom is -0.445 e. The van der Waals surface area contributed by atoms with Gasteiger partial charge >= 0.3 is 6.09 Å². The van der Waals surface area contributed by atoms with Crippen LogP contribution in [0.3, 0.4) is 0 Å². The van der Waals surface area contributed by atoms with E-state index in [0.29, 0.717) is 17.5 Å². The number of hydrogen-bond acceptors (Lipinski definition) is 5. The number of amides is 1. The summed E-state index contributed by atoms with van der Waals surface area (Å²) in [5.41, 5.74) is 5.97. The number of primary amides is 1. The molecule has 2 N–H and O–H groups in total. The highest BCUT2D eigenvalue weighted by molar-refractivity contribution is 7.91. The predicted octanol–water partition coefficient (Wildman–Crippen LogP) is 1.91. The van der Waals surface area contributed by atoms with Crippen LogP contribution in [-0.2, 0) is 14.6 Å². The largest absolute Gasteiger partial charge is 0.445 e. The van der Waals surface area contributed by atoms with Crippen LogP contribution in [0.4, 0.5) is 4.79 Å². The van der Waals surface area contributed by atoms with Crippen LogP contribution in [0.25, 0.3) is 0 Å². The molecule has 0 fully saturated rings. The van der Waals surface area contributed by atoms with E-state index in [1.54, 1.807) is 38.1 Å². The fraction of sp³-hybridized carbons (Fsp3) is 0.429. The Kier molecular flexibility index (Phi) is 5.73. The van der Waals surface area contributed by atoms with Gasteiger partial charge in [0.15, 0.2) is 9.84 Å². The van der Waals surface area contributed by atoms with E-state index >= 15 is 0 Å². The highest BCUT2D eigenvalue weighted by Crippen LogP contribution is 2.24. The molecule has 1 aromatic carbocycles. The van der Waals surface area contributed by atoms with Crippen LogP contribution >= 0.6 is 0 Å². The summed E-state index contributed by atoms with van der Waals surface area (Å²) < 4.78 is 29.5. The van der Waals surface area contributed by atoms with E-state index in [0.717, 1.165) is 0 Å². The fourth-order valence-corrected chi connectivity index (χ4v) is 3.52. The van der Waals surface area contributed by atoms with Crippen LogP contribution in [0.15, 0.2) is 24.3 Å². The average molecular weight is 310 g/mol. The number of nitrogens with zero attached hydrogens (tertiary/aromatic N) is 1. The Hall–Kier alpha value is -2.07. The molecule has 7 heteroatoms. The van der Waals surface area contributed by atoms with E-state index in [9.17, 15) is 13.2 Å². The lowest BCUT2D eigenvalue weighted by Gasteiger charge is -2.18. The van der Waals surface area contributed by atoms with Crippen LogP contribution in [0.1, 0.15) is 36.6 Å². The first-order valence-corrected chi connectivity index (χ1v) is 8.19. The van der Waals surface area contributed by atoms with Gasteiger partial charge in [-0.1, -0.05) is 19.1 Å². The minimum absolute atomic E-state index is 0.284. The summed E-state index contributed by atoms with van der Waals surface area (Å²) in [6, 6.07) is 8.33. The second kappa shape index (κ2) is 7.09. The molecule has 0 aromatic heterocycles. The summed E-state index contributed by atoms with van der Waals surface area (Å²) in [6.45, 7) is 3.28. The third kappa shape index (κ3) is 4.76. The van der Waals surface area contributed by atoms with Crippen molar-refractivity contribution in [2.45, 2.75) is 31.6 Å². The first-order valence-electron chi connectivity index (χ1n) is 6.47. The van der Waals surface area contributed by atoms with E-state index in [1.165, 1.54) is 0 Å². The van der Waals surface area contributed by atoms with E-state index < -0.39 is 27.3 Å². The number of ether oxygens (including phenoxy) is 1. The number of hydrogen-bond donors (Lipinski definition) is 1. The molecule has 0 heterocycles. The van der Waals surface area contributed by atoms with Gasteiger partial charge in [0.2, 0.25) is 0 Å². The number of sulfone groups is 1. The number of benzene rings is 1. The van der Waals surface area contributed by atoms with Gasteiger partial charge in [-0.25, -0.2) is 13.2 Å². The van der Waals surface area contributed by atoms with E-state index in [-0.39, 0.29) is 5.75 Å². The van der Waals surface area contributed by atoms with E-state index in [2.05, 4.69) is 0 Å². The normalized spacial score (nSPS) is 14.0. The Morgan fingerprint density at radius 3 is 2.38 bits per heavy atom. The maximum absolute atomic E-state index is 12.3. The lowest BCUT2D eigenvalue weighted by molar-refractivity contribution is 0.115. The molecule has 6 nitrogen and oxygen atoms in total. The second-order valence-electron chi connectivity index (χ2n) is 4.67. The summed E-state index contributed by atoms with van der Waals surface area (Å²) >= 11 is 0. The molecule has 0 unspecified atom stereocenters. The van der Waals surface area contributed by atoms with Crippen molar-refractivity contribution >= 4 is 15.9 Å². The molecule has 1 amide bonds. The predicted molar refractivity (Wildman–Crippen MR) is 78.1 cm³/mol. The van der Waals surface area contributed by atoms with Gasteiger partial charge in [-0.15, -0.1) is 0 Å². The molecular formula is C14H18N2O4S. The minimum atomic E-state index is -3.51. The number of carbonyl (C=O) groups is 1. The molecule has 0 spiro atoms. The quantitative estimate of drug-likeness (QED) is 0.862. The molecule has 0 saturated carbocycles. The van der Waals surface area contributed by atoms with Crippen LogP contribution in [0.2, 0.25) is 0 Å². The fourth-order valence-electron chi connectivity index (χ4n) is 1.84. The van der Waals surface area contributed by atoms with Crippen molar-refractivity contribution in [2.75, 3.05) is 5.75 Å². The van der Waals surface area contributed by atoms with Gasteiger partial charge in [0.05, 0.1) is 22.6 Å². The first kappa shape index (κ1) is 17.0. The topological polar surface area (TPSA) is 110 Å². The van der Waals surface area contributed by atoms with Gasteiger partial charge < -0.3 is 10.5 Å². The van der Waals surface area contributed by atoms with Crippen molar-refractivity contribution in [3.63, 3.8) is 0 Å².